The van der Waals surface area contributed by atoms with Gasteiger partial charge in [-0.2, -0.15) is 0 Å². The van der Waals surface area contributed by atoms with Crippen molar-refractivity contribution >= 4 is 5.97 Å². The van der Waals surface area contributed by atoms with E-state index in [0.717, 1.165) is 25.7 Å². The highest BCUT2D eigenvalue weighted by atomic mass is 16.4. The SMILES string of the molecule is CCC(C)C1(C(=O)O)CCCC1C. The first kappa shape index (κ1) is 10.6. The molecule has 0 aromatic rings. The minimum atomic E-state index is -0.577. The van der Waals surface area contributed by atoms with E-state index in [-0.39, 0.29) is 0 Å². The third-order valence-electron chi connectivity index (χ3n) is 4.00. The molecule has 0 spiro atoms. The van der Waals surface area contributed by atoms with Crippen molar-refractivity contribution in [2.75, 3.05) is 0 Å². The average molecular weight is 184 g/mol. The van der Waals surface area contributed by atoms with Gasteiger partial charge in [-0.05, 0) is 24.7 Å². The molecular formula is C11H20O2. The van der Waals surface area contributed by atoms with Crippen LogP contribution in [-0.2, 0) is 4.79 Å². The molecule has 1 fully saturated rings. The molecule has 0 aromatic heterocycles. The summed E-state index contributed by atoms with van der Waals surface area (Å²) in [6.45, 7) is 6.25. The average Bonchev–Trinajstić information content (AvgIpc) is 2.47. The van der Waals surface area contributed by atoms with Crippen LogP contribution in [0.4, 0.5) is 0 Å². The second-order valence-corrected chi connectivity index (χ2v) is 4.45. The van der Waals surface area contributed by atoms with Gasteiger partial charge in [0.1, 0.15) is 0 Å². The van der Waals surface area contributed by atoms with Crippen molar-refractivity contribution in [3.8, 4) is 0 Å². The molecule has 0 saturated heterocycles. The summed E-state index contributed by atoms with van der Waals surface area (Å²) in [7, 11) is 0. The van der Waals surface area contributed by atoms with Gasteiger partial charge >= 0.3 is 5.97 Å². The van der Waals surface area contributed by atoms with E-state index in [1.165, 1.54) is 0 Å². The molecule has 1 aliphatic carbocycles. The molecule has 2 nitrogen and oxygen atoms in total. The molecule has 0 amide bonds. The highest BCUT2D eigenvalue weighted by molar-refractivity contribution is 5.75. The Balaban J connectivity index is 2.93. The molecule has 3 unspecified atom stereocenters. The van der Waals surface area contributed by atoms with Gasteiger partial charge in [0.15, 0.2) is 0 Å². The van der Waals surface area contributed by atoms with Gasteiger partial charge in [0.2, 0.25) is 0 Å². The molecule has 1 rings (SSSR count). The maximum Gasteiger partial charge on any atom is 0.310 e. The van der Waals surface area contributed by atoms with Gasteiger partial charge in [0, 0.05) is 0 Å². The van der Waals surface area contributed by atoms with Crippen molar-refractivity contribution in [1.29, 1.82) is 0 Å². The van der Waals surface area contributed by atoms with Gasteiger partial charge in [0.05, 0.1) is 5.41 Å². The first-order chi connectivity index (χ1) is 6.05. The monoisotopic (exact) mass is 184 g/mol. The zero-order valence-electron chi connectivity index (χ0n) is 8.84. The van der Waals surface area contributed by atoms with Crippen LogP contribution in [0.5, 0.6) is 0 Å². The second kappa shape index (κ2) is 3.69. The Morgan fingerprint density at radius 1 is 1.69 bits per heavy atom. The van der Waals surface area contributed by atoms with Gasteiger partial charge in [-0.3, -0.25) is 4.79 Å². The van der Waals surface area contributed by atoms with Crippen LogP contribution in [-0.4, -0.2) is 11.1 Å². The topological polar surface area (TPSA) is 37.3 Å². The fraction of sp³-hybridized carbons (Fsp3) is 0.909. The molecule has 0 aromatic carbocycles. The molecule has 0 radical (unpaired) electrons. The lowest BCUT2D eigenvalue weighted by molar-refractivity contribution is -0.155. The van der Waals surface area contributed by atoms with E-state index in [9.17, 15) is 9.90 Å². The number of rotatable bonds is 3. The van der Waals surface area contributed by atoms with E-state index in [4.69, 9.17) is 0 Å². The quantitative estimate of drug-likeness (QED) is 0.732. The van der Waals surface area contributed by atoms with Crippen molar-refractivity contribution in [3.05, 3.63) is 0 Å². The van der Waals surface area contributed by atoms with Crippen molar-refractivity contribution in [1.82, 2.24) is 0 Å². The van der Waals surface area contributed by atoms with Crippen LogP contribution in [0.15, 0.2) is 0 Å². The van der Waals surface area contributed by atoms with E-state index in [2.05, 4.69) is 20.8 Å². The summed E-state index contributed by atoms with van der Waals surface area (Å²) in [5.41, 5.74) is -0.422. The largest absolute Gasteiger partial charge is 0.481 e. The molecular weight excluding hydrogens is 164 g/mol. The Morgan fingerprint density at radius 2 is 2.31 bits per heavy atom. The maximum absolute atomic E-state index is 11.3. The molecule has 0 heterocycles. The highest BCUT2D eigenvalue weighted by Gasteiger charge is 2.49. The number of carboxylic acids is 1. The highest BCUT2D eigenvalue weighted by Crippen LogP contribution is 2.49. The summed E-state index contributed by atoms with van der Waals surface area (Å²) >= 11 is 0. The molecule has 76 valence electrons. The van der Waals surface area contributed by atoms with Crippen LogP contribution in [0.1, 0.15) is 46.5 Å². The molecule has 0 aliphatic heterocycles. The lowest BCUT2D eigenvalue weighted by Crippen LogP contribution is -2.39. The van der Waals surface area contributed by atoms with Crippen LogP contribution in [0.25, 0.3) is 0 Å². The molecule has 2 heteroatoms. The van der Waals surface area contributed by atoms with Crippen molar-refractivity contribution < 1.29 is 9.90 Å². The van der Waals surface area contributed by atoms with Crippen LogP contribution in [0.2, 0.25) is 0 Å². The van der Waals surface area contributed by atoms with Gasteiger partial charge in [-0.25, -0.2) is 0 Å². The van der Waals surface area contributed by atoms with E-state index in [1.807, 2.05) is 0 Å². The zero-order chi connectivity index (χ0) is 10.1. The predicted octanol–water partition coefficient (Wildman–Crippen LogP) is 2.92. The lowest BCUT2D eigenvalue weighted by Gasteiger charge is -2.34. The van der Waals surface area contributed by atoms with E-state index in [0.29, 0.717) is 11.8 Å². The third-order valence-corrected chi connectivity index (χ3v) is 4.00. The van der Waals surface area contributed by atoms with E-state index >= 15 is 0 Å². The van der Waals surface area contributed by atoms with E-state index < -0.39 is 11.4 Å². The second-order valence-electron chi connectivity index (χ2n) is 4.45. The van der Waals surface area contributed by atoms with Crippen molar-refractivity contribution in [2.45, 2.75) is 46.5 Å². The Bertz CT molecular complexity index is 200. The number of hydrogen-bond donors (Lipinski definition) is 1. The standard InChI is InChI=1S/C11H20O2/c1-4-8(2)11(10(12)13)7-5-6-9(11)3/h8-9H,4-7H2,1-3H3,(H,12,13). The van der Waals surface area contributed by atoms with Crippen LogP contribution in [0, 0.1) is 17.3 Å². The minimum absolute atomic E-state index is 0.308. The molecule has 1 saturated carbocycles. The predicted molar refractivity (Wildman–Crippen MR) is 52.5 cm³/mol. The first-order valence-corrected chi connectivity index (χ1v) is 5.29. The first-order valence-electron chi connectivity index (χ1n) is 5.29. The molecule has 0 bridgehead atoms. The number of carbonyl (C=O) groups is 1. The normalized spacial score (nSPS) is 36.1. The third kappa shape index (κ3) is 1.47. The van der Waals surface area contributed by atoms with Crippen LogP contribution in [0.3, 0.4) is 0 Å². The molecule has 3 atom stereocenters. The number of carboxylic acid groups (broad SMARTS) is 1. The summed E-state index contributed by atoms with van der Waals surface area (Å²) in [5, 5.41) is 9.34. The number of hydrogen-bond acceptors (Lipinski definition) is 1. The van der Waals surface area contributed by atoms with Crippen molar-refractivity contribution in [3.63, 3.8) is 0 Å². The summed E-state index contributed by atoms with van der Waals surface area (Å²) in [4.78, 5) is 11.3. The molecule has 1 N–H and O–H groups in total. The van der Waals surface area contributed by atoms with Gasteiger partial charge < -0.3 is 5.11 Å². The number of aliphatic carboxylic acids is 1. The van der Waals surface area contributed by atoms with E-state index in [1.54, 1.807) is 0 Å². The summed E-state index contributed by atoms with van der Waals surface area (Å²) in [6, 6.07) is 0. The van der Waals surface area contributed by atoms with Crippen molar-refractivity contribution in [2.24, 2.45) is 17.3 Å². The van der Waals surface area contributed by atoms with Gasteiger partial charge in [0.25, 0.3) is 0 Å². The van der Waals surface area contributed by atoms with Gasteiger partial charge in [-0.1, -0.05) is 33.6 Å². The smallest absolute Gasteiger partial charge is 0.310 e. The van der Waals surface area contributed by atoms with Crippen LogP contribution < -0.4 is 0 Å². The van der Waals surface area contributed by atoms with Crippen LogP contribution >= 0.6 is 0 Å². The summed E-state index contributed by atoms with van der Waals surface area (Å²) in [5.74, 6) is 0.0781. The molecule has 1 aliphatic rings. The minimum Gasteiger partial charge on any atom is -0.481 e. The zero-order valence-corrected chi connectivity index (χ0v) is 8.84. The fourth-order valence-electron chi connectivity index (χ4n) is 2.83. The Kier molecular flexibility index (Phi) is 2.99. The summed E-state index contributed by atoms with van der Waals surface area (Å²) < 4.78 is 0. The lowest BCUT2D eigenvalue weighted by atomic mass is 9.68. The fourth-order valence-corrected chi connectivity index (χ4v) is 2.83. The molecule has 13 heavy (non-hydrogen) atoms. The summed E-state index contributed by atoms with van der Waals surface area (Å²) in [6.07, 6.45) is 4.00. The Labute approximate surface area is 80.3 Å². The maximum atomic E-state index is 11.3. The Morgan fingerprint density at radius 3 is 2.62 bits per heavy atom. The van der Waals surface area contributed by atoms with Gasteiger partial charge in [-0.15, -0.1) is 0 Å². The Hall–Kier alpha value is -0.530.